The highest BCUT2D eigenvalue weighted by atomic mass is 16.2. The van der Waals surface area contributed by atoms with Crippen LogP contribution in [0.4, 0.5) is 0 Å². The molecule has 2 rings (SSSR count). The normalized spacial score (nSPS) is 38.2. The lowest BCUT2D eigenvalue weighted by molar-refractivity contribution is -0.127. The Hall–Kier alpha value is -1.06. The molecule has 96 valence electrons. The van der Waals surface area contributed by atoms with E-state index in [4.69, 9.17) is 0 Å². The predicted octanol–water partition coefficient (Wildman–Crippen LogP) is 1.67. The summed E-state index contributed by atoms with van der Waals surface area (Å²) in [6.07, 6.45) is 2.98. The summed E-state index contributed by atoms with van der Waals surface area (Å²) in [7, 11) is 0. The third-order valence-corrected chi connectivity index (χ3v) is 3.72. The molecule has 2 fully saturated rings. The third-order valence-electron chi connectivity index (χ3n) is 3.72. The zero-order valence-electron chi connectivity index (χ0n) is 11.3. The van der Waals surface area contributed by atoms with Gasteiger partial charge in [0, 0.05) is 6.54 Å². The van der Waals surface area contributed by atoms with E-state index in [9.17, 15) is 4.79 Å². The molecule has 4 heteroatoms. The lowest BCUT2D eigenvalue weighted by Gasteiger charge is -2.43. The van der Waals surface area contributed by atoms with Gasteiger partial charge in [0.2, 0.25) is 0 Å². The Morgan fingerprint density at radius 2 is 2.12 bits per heavy atom. The van der Waals surface area contributed by atoms with E-state index in [0.29, 0.717) is 18.4 Å². The first kappa shape index (κ1) is 12.4. The molecule has 1 heterocycles. The molecule has 1 saturated heterocycles. The summed E-state index contributed by atoms with van der Waals surface area (Å²) >= 11 is 0. The Morgan fingerprint density at radius 1 is 1.41 bits per heavy atom. The van der Waals surface area contributed by atoms with Gasteiger partial charge >= 0.3 is 0 Å². The van der Waals surface area contributed by atoms with Gasteiger partial charge in [0.1, 0.15) is 5.54 Å². The Morgan fingerprint density at radius 3 is 2.71 bits per heavy atom. The Bertz CT molecular complexity index is 362. The summed E-state index contributed by atoms with van der Waals surface area (Å²) in [4.78, 5) is 16.5. The van der Waals surface area contributed by atoms with Gasteiger partial charge in [0.05, 0.1) is 0 Å². The molecule has 1 saturated carbocycles. The zero-order chi connectivity index (χ0) is 12.7. The van der Waals surface area contributed by atoms with Gasteiger partial charge < -0.3 is 5.32 Å². The molecule has 4 nitrogen and oxygen atoms in total. The van der Waals surface area contributed by atoms with Crippen LogP contribution in [0.5, 0.6) is 0 Å². The molecular weight excluding hydrogens is 214 g/mol. The van der Waals surface area contributed by atoms with Gasteiger partial charge in [0.25, 0.3) is 5.91 Å². The molecule has 17 heavy (non-hydrogen) atoms. The van der Waals surface area contributed by atoms with Crippen molar-refractivity contribution in [2.24, 2.45) is 16.3 Å². The summed E-state index contributed by atoms with van der Waals surface area (Å²) in [5, 5.41) is 6.21. The van der Waals surface area contributed by atoms with E-state index in [1.165, 1.54) is 6.42 Å². The highest BCUT2D eigenvalue weighted by Crippen LogP contribution is 2.44. The molecule has 2 aliphatic rings. The molecule has 1 aliphatic heterocycles. The second kappa shape index (κ2) is 4.00. The summed E-state index contributed by atoms with van der Waals surface area (Å²) in [6.45, 7) is 9.38. The molecule has 0 bridgehead atoms. The molecule has 1 spiro atoms. The first-order valence-electron chi connectivity index (χ1n) is 6.51. The fourth-order valence-corrected chi connectivity index (χ4v) is 3.62. The Balaban J connectivity index is 2.24. The average Bonchev–Trinajstić information content (AvgIpc) is 2.39. The molecule has 0 aromatic heterocycles. The number of rotatable bonds is 1. The van der Waals surface area contributed by atoms with Crippen LogP contribution in [0.3, 0.4) is 0 Å². The lowest BCUT2D eigenvalue weighted by Crippen LogP contribution is -2.54. The van der Waals surface area contributed by atoms with Crippen molar-refractivity contribution in [1.82, 2.24) is 10.6 Å². The van der Waals surface area contributed by atoms with Crippen molar-refractivity contribution in [3.05, 3.63) is 0 Å². The highest BCUT2D eigenvalue weighted by molar-refractivity contribution is 6.09. The maximum atomic E-state index is 12.2. The van der Waals surface area contributed by atoms with Crippen LogP contribution in [-0.2, 0) is 4.79 Å². The minimum absolute atomic E-state index is 0.101. The SMILES string of the molecule is CCN=C1NC(=O)C2(CC(C)CC(C)(C)C2)N1. The number of aliphatic imine (C=N–C) groups is 1. The van der Waals surface area contributed by atoms with Crippen LogP contribution in [0.25, 0.3) is 0 Å². The van der Waals surface area contributed by atoms with Crippen molar-refractivity contribution in [1.29, 1.82) is 0 Å². The van der Waals surface area contributed by atoms with Gasteiger partial charge in [-0.3, -0.25) is 15.1 Å². The fourth-order valence-electron chi connectivity index (χ4n) is 3.62. The molecule has 2 N–H and O–H groups in total. The summed E-state index contributed by atoms with van der Waals surface area (Å²) < 4.78 is 0. The van der Waals surface area contributed by atoms with Crippen LogP contribution < -0.4 is 10.6 Å². The number of nitrogens with zero attached hydrogens (tertiary/aromatic N) is 1. The monoisotopic (exact) mass is 237 g/mol. The summed E-state index contributed by atoms with van der Waals surface area (Å²) in [5.41, 5.74) is -0.209. The zero-order valence-corrected chi connectivity index (χ0v) is 11.3. The van der Waals surface area contributed by atoms with Crippen LogP contribution >= 0.6 is 0 Å². The number of hydrogen-bond donors (Lipinski definition) is 2. The molecule has 0 radical (unpaired) electrons. The van der Waals surface area contributed by atoms with E-state index < -0.39 is 5.54 Å². The maximum Gasteiger partial charge on any atom is 0.252 e. The van der Waals surface area contributed by atoms with Crippen LogP contribution in [-0.4, -0.2) is 24.0 Å². The number of carbonyl (C=O) groups is 1. The Labute approximate surface area is 103 Å². The molecule has 1 aliphatic carbocycles. The molecule has 0 aromatic carbocycles. The van der Waals surface area contributed by atoms with Crippen molar-refractivity contribution < 1.29 is 4.79 Å². The van der Waals surface area contributed by atoms with Crippen molar-refractivity contribution in [3.8, 4) is 0 Å². The van der Waals surface area contributed by atoms with Crippen molar-refractivity contribution in [2.75, 3.05) is 6.54 Å². The smallest absolute Gasteiger partial charge is 0.252 e. The minimum atomic E-state index is -0.421. The fraction of sp³-hybridized carbons (Fsp3) is 0.846. The third kappa shape index (κ3) is 2.31. The standard InChI is InChI=1S/C13H23N3O/c1-5-14-11-15-10(17)13(16-11)7-9(2)6-12(3,4)8-13/h9H,5-8H2,1-4H3,(H2,14,15,16,17). The van der Waals surface area contributed by atoms with E-state index in [2.05, 4.69) is 36.4 Å². The largest absolute Gasteiger partial charge is 0.342 e. The topological polar surface area (TPSA) is 53.5 Å². The van der Waals surface area contributed by atoms with Gasteiger partial charge in [-0.1, -0.05) is 20.8 Å². The quantitative estimate of drug-likeness (QED) is 0.729. The maximum absolute atomic E-state index is 12.2. The molecule has 1 amide bonds. The van der Waals surface area contributed by atoms with Gasteiger partial charge in [-0.15, -0.1) is 0 Å². The number of guanidine groups is 1. The number of hydrogen-bond acceptors (Lipinski definition) is 2. The van der Waals surface area contributed by atoms with Crippen LogP contribution in [0.2, 0.25) is 0 Å². The Kier molecular flexibility index (Phi) is 2.92. The van der Waals surface area contributed by atoms with Crippen LogP contribution in [0.1, 0.15) is 47.0 Å². The minimum Gasteiger partial charge on any atom is -0.342 e. The highest BCUT2D eigenvalue weighted by Gasteiger charge is 2.51. The van der Waals surface area contributed by atoms with Gasteiger partial charge in [-0.05, 0) is 37.5 Å². The second-order valence-corrected chi connectivity index (χ2v) is 6.34. The number of nitrogens with one attached hydrogen (secondary N) is 2. The van der Waals surface area contributed by atoms with Gasteiger partial charge in [-0.2, -0.15) is 0 Å². The van der Waals surface area contributed by atoms with Crippen LogP contribution in [0, 0.1) is 11.3 Å². The van der Waals surface area contributed by atoms with Crippen LogP contribution in [0.15, 0.2) is 4.99 Å². The number of carbonyl (C=O) groups excluding carboxylic acids is 1. The van der Waals surface area contributed by atoms with Crippen molar-refractivity contribution in [2.45, 2.75) is 52.5 Å². The molecular formula is C13H23N3O. The number of amides is 1. The first-order chi connectivity index (χ1) is 7.87. The van der Waals surface area contributed by atoms with E-state index in [1.807, 2.05) is 6.92 Å². The average molecular weight is 237 g/mol. The first-order valence-corrected chi connectivity index (χ1v) is 6.51. The molecule has 2 atom stereocenters. The van der Waals surface area contributed by atoms with E-state index in [0.717, 1.165) is 12.8 Å². The molecule has 0 aromatic rings. The van der Waals surface area contributed by atoms with Crippen molar-refractivity contribution in [3.63, 3.8) is 0 Å². The lowest BCUT2D eigenvalue weighted by atomic mass is 9.64. The van der Waals surface area contributed by atoms with Crippen molar-refractivity contribution >= 4 is 11.9 Å². The van der Waals surface area contributed by atoms with E-state index in [1.54, 1.807) is 0 Å². The second-order valence-electron chi connectivity index (χ2n) is 6.34. The predicted molar refractivity (Wildman–Crippen MR) is 68.8 cm³/mol. The summed E-state index contributed by atoms with van der Waals surface area (Å²) in [5.74, 6) is 1.32. The van der Waals surface area contributed by atoms with Gasteiger partial charge in [0.15, 0.2) is 5.96 Å². The van der Waals surface area contributed by atoms with E-state index in [-0.39, 0.29) is 11.3 Å². The molecule has 2 unspecified atom stereocenters. The van der Waals surface area contributed by atoms with E-state index >= 15 is 0 Å². The van der Waals surface area contributed by atoms with Gasteiger partial charge in [-0.25, -0.2) is 0 Å². The summed E-state index contributed by atoms with van der Waals surface area (Å²) in [6, 6.07) is 0.